The zero-order valence-electron chi connectivity index (χ0n) is 63.8. The van der Waals surface area contributed by atoms with Gasteiger partial charge in [0.15, 0.2) is 0 Å². The monoisotopic (exact) mass is 1530 g/mol. The summed E-state index contributed by atoms with van der Waals surface area (Å²) in [5.74, 6) is -0.206. The van der Waals surface area contributed by atoms with Crippen molar-refractivity contribution in [2.75, 3.05) is 0 Å². The molecule has 0 fully saturated rings. The number of allylic oxidation sites excluding steroid dienone is 1. The van der Waals surface area contributed by atoms with Crippen LogP contribution in [0.4, 0.5) is 0 Å². The highest BCUT2D eigenvalue weighted by Gasteiger charge is 2.32. The number of aromatic nitrogens is 11. The Morgan fingerprint density at radius 1 is 0.307 bits per heavy atom. The molecule has 2 atom stereocenters. The molecule has 0 amide bonds. The van der Waals surface area contributed by atoms with Gasteiger partial charge in [-0.2, -0.15) is 0 Å². The van der Waals surface area contributed by atoms with Crippen molar-refractivity contribution in [1.82, 2.24) is 54.8 Å². The lowest BCUT2D eigenvalue weighted by atomic mass is 9.88. The fourth-order valence-corrected chi connectivity index (χ4v) is 21.2. The molecule has 15 heteroatoms. The second kappa shape index (κ2) is 28.3. The van der Waals surface area contributed by atoms with Crippen LogP contribution < -0.4 is 0 Å². The van der Waals surface area contributed by atoms with E-state index >= 15 is 0 Å². The van der Waals surface area contributed by atoms with E-state index in [0.29, 0.717) is 66.2 Å². The highest BCUT2D eigenvalue weighted by atomic mass is 32.1. The van der Waals surface area contributed by atoms with Crippen molar-refractivity contribution in [2.45, 2.75) is 129 Å². The Morgan fingerprint density at radius 2 is 0.702 bits per heavy atom. The summed E-state index contributed by atoms with van der Waals surface area (Å²) in [7, 11) is 0. The minimum absolute atomic E-state index is 0.206. The average Bonchev–Trinajstić information content (AvgIpc) is 1.02. The van der Waals surface area contributed by atoms with Crippen LogP contribution in [0.3, 0.4) is 0 Å². The molecule has 114 heavy (non-hydrogen) atoms. The molecular weight excluding hydrogens is 1450 g/mol. The smallest absolute Gasteiger partial charge is 0.120 e. The van der Waals surface area contributed by atoms with E-state index in [9.17, 15) is 0 Å². The predicted molar refractivity (Wildman–Crippen MR) is 480 cm³/mol. The molecule has 4 aliphatic rings. The number of nitrogens with zero attached hydrogens (tertiary/aromatic N) is 9. The Hall–Kier alpha value is -12.0. The van der Waals surface area contributed by atoms with Crippen LogP contribution in [-0.4, -0.2) is 66.6 Å². The first-order chi connectivity index (χ1) is 56.3. The van der Waals surface area contributed by atoms with Gasteiger partial charge in [-0.3, -0.25) is 4.99 Å². The molecular formula is C99H80N12S3. The fraction of sp³-hybridized carbons (Fsp3) is 0.202. The number of unbranched alkanes of at least 4 members (excludes halogenated alkanes) is 9. The van der Waals surface area contributed by atoms with Crippen molar-refractivity contribution in [2.24, 2.45) is 4.99 Å². The van der Waals surface area contributed by atoms with Crippen LogP contribution in [0.1, 0.15) is 160 Å². The molecule has 11 aromatic heterocycles. The Kier molecular flexibility index (Phi) is 17.1. The second-order valence-electron chi connectivity index (χ2n) is 31.3. The molecule has 0 saturated carbocycles. The van der Waals surface area contributed by atoms with Crippen LogP contribution in [0.15, 0.2) is 197 Å². The zero-order valence-corrected chi connectivity index (χ0v) is 66.2. The van der Waals surface area contributed by atoms with E-state index in [1.54, 1.807) is 0 Å². The third-order valence-corrected chi connectivity index (χ3v) is 27.2. The average molecular weight is 1530 g/mol. The number of hydrogen-bond acceptors (Lipinski definition) is 12. The molecule has 0 aliphatic carbocycles. The molecule has 15 heterocycles. The van der Waals surface area contributed by atoms with Gasteiger partial charge in [0, 0.05) is 91.9 Å². The highest BCUT2D eigenvalue weighted by molar-refractivity contribution is 7.14. The number of benzene rings is 7. The number of aromatic amines is 3. The highest BCUT2D eigenvalue weighted by Crippen LogP contribution is 2.46. The maximum atomic E-state index is 6.00. The largest absolute Gasteiger partial charge is 0.358 e. The Bertz CT molecular complexity index is 7200. The summed E-state index contributed by atoms with van der Waals surface area (Å²) >= 11 is 5.49. The summed E-state index contributed by atoms with van der Waals surface area (Å²) in [6, 6.07) is 60.5. The summed E-state index contributed by atoms with van der Waals surface area (Å²) in [5, 5.41) is 10.1. The summed E-state index contributed by atoms with van der Waals surface area (Å²) < 4.78 is 0. The van der Waals surface area contributed by atoms with E-state index in [-0.39, 0.29) is 12.0 Å². The fourth-order valence-electron chi connectivity index (χ4n) is 18.3. The minimum atomic E-state index is -0.292. The molecule has 0 spiro atoms. The lowest BCUT2D eigenvalue weighted by Crippen LogP contribution is -2.16. The Labute approximate surface area is 671 Å². The molecule has 24 bridgehead atoms. The van der Waals surface area contributed by atoms with E-state index < -0.39 is 0 Å². The van der Waals surface area contributed by atoms with E-state index in [2.05, 4.69) is 252 Å². The molecule has 3 N–H and O–H groups in total. The summed E-state index contributed by atoms with van der Waals surface area (Å²) in [6.07, 6.45) is 31.1. The van der Waals surface area contributed by atoms with E-state index in [1.165, 1.54) is 125 Å². The minimum Gasteiger partial charge on any atom is -0.358 e. The molecule has 0 saturated heterocycles. The molecule has 554 valence electrons. The van der Waals surface area contributed by atoms with Crippen molar-refractivity contribution in [3.63, 3.8) is 0 Å². The third-order valence-electron chi connectivity index (χ3n) is 24.2. The van der Waals surface area contributed by atoms with Crippen LogP contribution >= 0.6 is 34.0 Å². The molecule has 7 aromatic carbocycles. The van der Waals surface area contributed by atoms with Crippen molar-refractivity contribution in [1.29, 1.82) is 0 Å². The van der Waals surface area contributed by atoms with Crippen molar-refractivity contribution in [3.8, 4) is 64.8 Å². The quantitative estimate of drug-likeness (QED) is 0.0364. The topological polar surface area (TPSA) is 163 Å². The van der Waals surface area contributed by atoms with Gasteiger partial charge in [-0.1, -0.05) is 157 Å². The molecule has 4 aliphatic heterocycles. The third kappa shape index (κ3) is 11.6. The zero-order chi connectivity index (χ0) is 75.6. The van der Waals surface area contributed by atoms with Gasteiger partial charge in [0.1, 0.15) is 33.1 Å². The van der Waals surface area contributed by atoms with E-state index in [4.69, 9.17) is 44.9 Å². The number of hydrogen-bond donors (Lipinski definition) is 3. The van der Waals surface area contributed by atoms with Gasteiger partial charge in [0.25, 0.3) is 0 Å². The maximum Gasteiger partial charge on any atom is 0.120 e. The van der Waals surface area contributed by atoms with E-state index in [1.807, 2.05) is 34.0 Å². The van der Waals surface area contributed by atoms with Crippen molar-refractivity contribution >= 4 is 174 Å². The Balaban J connectivity index is 0.821. The van der Waals surface area contributed by atoms with Gasteiger partial charge in [-0.25, -0.2) is 39.9 Å². The van der Waals surface area contributed by atoms with Crippen LogP contribution in [0.25, 0.3) is 199 Å². The van der Waals surface area contributed by atoms with E-state index in [0.717, 1.165) is 142 Å². The van der Waals surface area contributed by atoms with Crippen LogP contribution in [0.2, 0.25) is 0 Å². The summed E-state index contributed by atoms with van der Waals surface area (Å²) in [4.78, 5) is 69.2. The van der Waals surface area contributed by atoms with Crippen molar-refractivity contribution in [3.05, 3.63) is 248 Å². The maximum absolute atomic E-state index is 6.00. The lowest BCUT2D eigenvalue weighted by molar-refractivity contribution is 0.668. The number of thiophene rings is 3. The van der Waals surface area contributed by atoms with Crippen LogP contribution in [-0.2, 0) is 19.3 Å². The number of rotatable bonds is 21. The van der Waals surface area contributed by atoms with Gasteiger partial charge in [0.05, 0.1) is 73.5 Å². The van der Waals surface area contributed by atoms with Crippen molar-refractivity contribution < 1.29 is 0 Å². The van der Waals surface area contributed by atoms with Gasteiger partial charge >= 0.3 is 0 Å². The number of aliphatic imine (C=N–C) groups is 1. The first-order valence-corrected chi connectivity index (χ1v) is 43.4. The normalized spacial score (nSPS) is 14.6. The number of aryl methyl sites for hydroxylation is 3. The second-order valence-corrected chi connectivity index (χ2v) is 34.0. The summed E-state index contributed by atoms with van der Waals surface area (Å²) in [5.41, 5.74) is 31.8. The molecule has 22 rings (SSSR count). The number of H-pyrrole nitrogens is 3. The lowest BCUT2D eigenvalue weighted by Gasteiger charge is -2.21. The van der Waals surface area contributed by atoms with Gasteiger partial charge in [-0.15, -0.1) is 34.0 Å². The SMILES string of the molecule is CCCCCCc1ccsc1-c1ccc(-c2c3nc(c4ccc5c6ccc([nH]6)c(-c6ccc(-c7sccc7CCCCCC)cc6)c6nc(c7ccc8c9nc%10c%11nc%12c(ccc(c%13ccc2[nH]%13)c%12nc%11c2nc4c5nc2c%10nc79)C2=NC(C=C2)C(c2ccc(-c4sccc4CCCCCC)cc2)c2ccc-8[nH]2)C=C6)C=C3)cc1. The van der Waals surface area contributed by atoms with Gasteiger partial charge < -0.3 is 15.0 Å². The summed E-state index contributed by atoms with van der Waals surface area (Å²) in [6.45, 7) is 6.84. The molecule has 12 nitrogen and oxygen atoms in total. The number of fused-ring (bicyclic) bond motifs is 17. The van der Waals surface area contributed by atoms with Gasteiger partial charge in [-0.05, 0) is 226 Å². The molecule has 0 radical (unpaired) electrons. The molecule has 2 unspecified atom stereocenters. The predicted octanol–water partition coefficient (Wildman–Crippen LogP) is 26.9. The van der Waals surface area contributed by atoms with Gasteiger partial charge in [0.2, 0.25) is 0 Å². The first kappa shape index (κ1) is 68.8. The standard InChI is InChI=1S/C99H80N12S3/c1-4-7-10-13-16-58-49-52-112-97(58)61-25-19-55(20-26-61)82-76-43-37-70(100-76)64-31-33-66-72-39-45-78(102-72)83(56-21-27-62(28-22-56)98-59(50-53-113-98)17-14-11-8-5-2)80-47-41-74(104-80)68-35-36-69-75-42-48-81(105-75)84(57-23-29-63(30-24-57)99-60(51-54-114-99)18-15-12-9-6-3)79-46-40-73(103-79)67-34-32-65(71-38-44-77(82)101-71)86-88(67)109-94-92(107-86)91-93(108-87(66)85(64)106-91)95-96(94)111-90(69)89(68)110-95/h19-54,76,82,101-102,105H,4-18H2,1-3H3. The van der Waals surface area contributed by atoms with Crippen LogP contribution in [0.5, 0.6) is 0 Å². The van der Waals surface area contributed by atoms with Crippen LogP contribution in [0, 0.1) is 0 Å². The Morgan fingerprint density at radius 3 is 1.20 bits per heavy atom. The first-order valence-electron chi connectivity index (χ1n) is 40.8. The molecule has 18 aromatic rings. The number of nitrogens with one attached hydrogen (secondary N) is 3.